The molecule has 0 unspecified atom stereocenters. The molecule has 1 aromatic rings. The minimum atomic E-state index is -3.79. The van der Waals surface area contributed by atoms with E-state index in [1.165, 1.54) is 22.5 Å². The van der Waals surface area contributed by atoms with Crippen LogP contribution in [0.2, 0.25) is 0 Å². The second kappa shape index (κ2) is 6.23. The highest BCUT2D eigenvalue weighted by Gasteiger charge is 2.41. The summed E-state index contributed by atoms with van der Waals surface area (Å²) in [5.41, 5.74) is 0.626. The molecule has 0 spiro atoms. The van der Waals surface area contributed by atoms with Crippen molar-refractivity contribution < 1.29 is 12.8 Å². The van der Waals surface area contributed by atoms with Crippen molar-refractivity contribution in [3.63, 3.8) is 0 Å². The Kier molecular flexibility index (Phi) is 4.96. The van der Waals surface area contributed by atoms with Crippen molar-refractivity contribution in [1.29, 1.82) is 0 Å². The SMILES string of the molecule is CCC1(CC)CCN(S(=O)(=O)c2cc(CCl)ccc2F)C1. The first-order valence-electron chi connectivity index (χ1n) is 7.23. The van der Waals surface area contributed by atoms with Gasteiger partial charge in [0, 0.05) is 19.0 Å². The monoisotopic (exact) mass is 333 g/mol. The zero-order valence-corrected chi connectivity index (χ0v) is 14.0. The fraction of sp³-hybridized carbons (Fsp3) is 0.600. The molecular weight excluding hydrogens is 313 g/mol. The second-order valence-electron chi connectivity index (χ2n) is 5.69. The van der Waals surface area contributed by atoms with Crippen LogP contribution in [0.1, 0.15) is 38.7 Å². The Bertz CT molecular complexity index is 614. The molecule has 118 valence electrons. The number of benzene rings is 1. The summed E-state index contributed by atoms with van der Waals surface area (Å²) in [6, 6.07) is 4.02. The topological polar surface area (TPSA) is 37.4 Å². The zero-order chi connectivity index (χ0) is 15.7. The van der Waals surface area contributed by atoms with E-state index in [4.69, 9.17) is 11.6 Å². The van der Waals surface area contributed by atoms with Crippen LogP contribution in [0.4, 0.5) is 4.39 Å². The smallest absolute Gasteiger partial charge is 0.207 e. The quantitative estimate of drug-likeness (QED) is 0.769. The van der Waals surface area contributed by atoms with Crippen molar-refractivity contribution >= 4 is 21.6 Å². The van der Waals surface area contributed by atoms with Gasteiger partial charge in [-0.15, -0.1) is 11.6 Å². The lowest BCUT2D eigenvalue weighted by molar-refractivity contribution is 0.279. The average Bonchev–Trinajstić information content (AvgIpc) is 2.93. The predicted molar refractivity (Wildman–Crippen MR) is 82.3 cm³/mol. The Labute approximate surface area is 131 Å². The van der Waals surface area contributed by atoms with Gasteiger partial charge in [-0.2, -0.15) is 4.31 Å². The van der Waals surface area contributed by atoms with E-state index in [-0.39, 0.29) is 16.2 Å². The third-order valence-corrected chi connectivity index (χ3v) is 6.84. The molecular formula is C15H21ClFNO2S. The van der Waals surface area contributed by atoms with E-state index >= 15 is 0 Å². The molecule has 1 saturated heterocycles. The highest BCUT2D eigenvalue weighted by Crippen LogP contribution is 2.39. The molecule has 0 radical (unpaired) electrons. The molecule has 3 nitrogen and oxygen atoms in total. The van der Waals surface area contributed by atoms with Crippen LogP contribution in [0.25, 0.3) is 0 Å². The number of hydrogen-bond donors (Lipinski definition) is 0. The van der Waals surface area contributed by atoms with E-state index in [1.807, 2.05) is 0 Å². The molecule has 1 heterocycles. The van der Waals surface area contributed by atoms with Crippen LogP contribution < -0.4 is 0 Å². The average molecular weight is 334 g/mol. The van der Waals surface area contributed by atoms with Gasteiger partial charge >= 0.3 is 0 Å². The fourth-order valence-electron chi connectivity index (χ4n) is 2.89. The van der Waals surface area contributed by atoms with E-state index in [0.29, 0.717) is 18.7 Å². The van der Waals surface area contributed by atoms with Crippen molar-refractivity contribution in [1.82, 2.24) is 4.31 Å². The maximum Gasteiger partial charge on any atom is 0.246 e. The highest BCUT2D eigenvalue weighted by atomic mass is 35.5. The fourth-order valence-corrected chi connectivity index (χ4v) is 4.73. The van der Waals surface area contributed by atoms with Crippen LogP contribution in [0.15, 0.2) is 23.1 Å². The van der Waals surface area contributed by atoms with Crippen LogP contribution in [-0.4, -0.2) is 25.8 Å². The summed E-state index contributed by atoms with van der Waals surface area (Å²) in [6.07, 6.45) is 2.69. The van der Waals surface area contributed by atoms with Gasteiger partial charge in [0.1, 0.15) is 10.7 Å². The Morgan fingerprint density at radius 3 is 2.52 bits per heavy atom. The van der Waals surface area contributed by atoms with E-state index in [0.717, 1.165) is 19.3 Å². The van der Waals surface area contributed by atoms with Crippen LogP contribution in [0.3, 0.4) is 0 Å². The first-order chi connectivity index (χ1) is 9.88. The minimum absolute atomic E-state index is 0.0215. The van der Waals surface area contributed by atoms with E-state index in [1.54, 1.807) is 0 Å². The lowest BCUT2D eigenvalue weighted by Gasteiger charge is -2.26. The molecule has 6 heteroatoms. The van der Waals surface area contributed by atoms with Crippen LogP contribution in [0, 0.1) is 11.2 Å². The van der Waals surface area contributed by atoms with E-state index in [9.17, 15) is 12.8 Å². The molecule has 1 fully saturated rings. The summed E-state index contributed by atoms with van der Waals surface area (Å²) in [4.78, 5) is -0.261. The largest absolute Gasteiger partial charge is 0.246 e. The minimum Gasteiger partial charge on any atom is -0.207 e. The Morgan fingerprint density at radius 1 is 1.33 bits per heavy atom. The molecule has 1 aromatic carbocycles. The van der Waals surface area contributed by atoms with Gasteiger partial charge < -0.3 is 0 Å². The number of hydrogen-bond acceptors (Lipinski definition) is 2. The Balaban J connectivity index is 2.36. The number of halogens is 2. The van der Waals surface area contributed by atoms with Crippen molar-refractivity contribution in [3.8, 4) is 0 Å². The van der Waals surface area contributed by atoms with Gasteiger partial charge in [0.05, 0.1) is 0 Å². The van der Waals surface area contributed by atoms with Crippen LogP contribution in [-0.2, 0) is 15.9 Å². The Hall–Kier alpha value is -0.650. The van der Waals surface area contributed by atoms with Gasteiger partial charge in [0.25, 0.3) is 0 Å². The third-order valence-electron chi connectivity index (χ3n) is 4.67. The Morgan fingerprint density at radius 2 is 2.00 bits per heavy atom. The molecule has 0 atom stereocenters. The maximum atomic E-state index is 14.0. The molecule has 0 amide bonds. The second-order valence-corrected chi connectivity index (χ2v) is 7.87. The molecule has 21 heavy (non-hydrogen) atoms. The summed E-state index contributed by atoms with van der Waals surface area (Å²) in [5, 5.41) is 0. The van der Waals surface area contributed by atoms with Gasteiger partial charge in [-0.3, -0.25) is 0 Å². The standard InChI is InChI=1S/C15H21ClFNO2S/c1-3-15(4-2)7-8-18(11-15)21(19,20)14-9-12(10-16)5-6-13(14)17/h5-6,9H,3-4,7-8,10-11H2,1-2H3. The normalized spacial score (nSPS) is 19.0. The van der Waals surface area contributed by atoms with Gasteiger partial charge in [0.2, 0.25) is 10.0 Å². The molecule has 1 aliphatic heterocycles. The highest BCUT2D eigenvalue weighted by molar-refractivity contribution is 7.89. The van der Waals surface area contributed by atoms with Crippen LogP contribution in [0.5, 0.6) is 0 Å². The van der Waals surface area contributed by atoms with Crippen molar-refractivity contribution in [2.24, 2.45) is 5.41 Å². The third kappa shape index (κ3) is 3.10. The molecule has 0 bridgehead atoms. The van der Waals surface area contributed by atoms with Crippen molar-refractivity contribution in [3.05, 3.63) is 29.6 Å². The van der Waals surface area contributed by atoms with Crippen molar-refractivity contribution in [2.45, 2.75) is 43.9 Å². The molecule has 0 aromatic heterocycles. The van der Waals surface area contributed by atoms with Gasteiger partial charge in [-0.1, -0.05) is 19.9 Å². The molecule has 1 aliphatic rings. The number of sulfonamides is 1. The van der Waals surface area contributed by atoms with Gasteiger partial charge in [-0.25, -0.2) is 12.8 Å². The lowest BCUT2D eigenvalue weighted by Crippen LogP contribution is -2.32. The van der Waals surface area contributed by atoms with E-state index in [2.05, 4.69) is 13.8 Å². The molecule has 0 saturated carbocycles. The lowest BCUT2D eigenvalue weighted by atomic mass is 9.82. The molecule has 0 aliphatic carbocycles. The first kappa shape index (κ1) is 16.7. The predicted octanol–water partition coefficient (Wildman–Crippen LogP) is 3.77. The summed E-state index contributed by atoms with van der Waals surface area (Å²) in [5.74, 6) is -0.550. The first-order valence-corrected chi connectivity index (χ1v) is 9.20. The van der Waals surface area contributed by atoms with Crippen LogP contribution >= 0.6 is 11.6 Å². The number of rotatable bonds is 5. The summed E-state index contributed by atoms with van der Waals surface area (Å²) < 4.78 is 40.7. The summed E-state index contributed by atoms with van der Waals surface area (Å²) in [6.45, 7) is 5.07. The molecule has 2 rings (SSSR count). The van der Waals surface area contributed by atoms with Gasteiger partial charge in [-0.05, 0) is 42.4 Å². The van der Waals surface area contributed by atoms with Crippen molar-refractivity contribution in [2.75, 3.05) is 13.1 Å². The molecule has 0 N–H and O–H groups in total. The van der Waals surface area contributed by atoms with Gasteiger partial charge in [0.15, 0.2) is 0 Å². The number of alkyl halides is 1. The number of nitrogens with zero attached hydrogens (tertiary/aromatic N) is 1. The maximum absolute atomic E-state index is 14.0. The zero-order valence-electron chi connectivity index (χ0n) is 12.4. The van der Waals surface area contributed by atoms with E-state index < -0.39 is 15.8 Å². The summed E-state index contributed by atoms with van der Waals surface area (Å²) >= 11 is 5.72. The summed E-state index contributed by atoms with van der Waals surface area (Å²) in [7, 11) is -3.79.